The smallest absolute Gasteiger partial charge is 0.301 e. The molecule has 0 spiro atoms. The van der Waals surface area contributed by atoms with Gasteiger partial charge in [0, 0.05) is 82.2 Å². The number of hydrogen-bond acceptors (Lipinski definition) is 12. The molecule has 7 heterocycles. The van der Waals surface area contributed by atoms with Gasteiger partial charge in [0.15, 0.2) is 12.4 Å². The summed E-state index contributed by atoms with van der Waals surface area (Å²) in [7, 11) is 3.46. The molecule has 3 aromatic heterocycles. The van der Waals surface area contributed by atoms with E-state index in [0.717, 1.165) is 42.8 Å². The number of para-hydroxylation sites is 1. The van der Waals surface area contributed by atoms with Crippen LogP contribution in [0, 0.1) is 11.8 Å². The Morgan fingerprint density at radius 3 is 2.55 bits per heavy atom. The zero-order valence-electron chi connectivity index (χ0n) is 34.3. The largest absolute Gasteiger partial charge is 0.480 e. The zero-order valence-corrected chi connectivity index (χ0v) is 35.1. The number of halogens is 4. The first-order chi connectivity index (χ1) is 29.8. The Hall–Kier alpha value is -5.62. The number of pyridine rings is 1. The van der Waals surface area contributed by atoms with Gasteiger partial charge in [0.25, 0.3) is 5.56 Å². The van der Waals surface area contributed by atoms with Gasteiger partial charge < -0.3 is 29.7 Å². The average molecular weight is 874 g/mol. The Labute approximate surface area is 359 Å². The summed E-state index contributed by atoms with van der Waals surface area (Å²) in [6.07, 6.45) is 3.04. The zero-order chi connectivity index (χ0) is 43.0. The van der Waals surface area contributed by atoms with Crippen LogP contribution in [0.2, 0.25) is 5.02 Å². The van der Waals surface area contributed by atoms with Crippen LogP contribution >= 0.6 is 11.6 Å². The molecule has 1 unspecified atom stereocenters. The Kier molecular flexibility index (Phi) is 10.2. The second-order valence-corrected chi connectivity index (χ2v) is 17.7. The van der Waals surface area contributed by atoms with Crippen molar-refractivity contribution in [2.75, 3.05) is 72.9 Å². The SMILES string of the molecule is Cn1nc(C2CCC(=O)NC2=O)c2cccc(N3CCN(C[C@H]4CCN(c5ncc(Cl)c(Nc6ccc7c(c6)c6c(c(=O)n7C)OCC(F)(F)[C@H](C7CC7)N6)n5)C[C@@H]4F)CC3)c21. The lowest BCUT2D eigenvalue weighted by molar-refractivity contribution is -0.134. The quantitative estimate of drug-likeness (QED) is 0.173. The molecular formula is C43H47ClF3N11O4. The molecule has 19 heteroatoms. The molecule has 4 atom stereocenters. The highest BCUT2D eigenvalue weighted by molar-refractivity contribution is 6.33. The minimum Gasteiger partial charge on any atom is -0.480 e. The number of aryl methyl sites for hydroxylation is 2. The van der Waals surface area contributed by atoms with Gasteiger partial charge in [-0.25, -0.2) is 18.2 Å². The molecule has 2 amide bonds. The summed E-state index contributed by atoms with van der Waals surface area (Å²) in [5.74, 6) is -4.09. The first-order valence-corrected chi connectivity index (χ1v) is 21.6. The lowest BCUT2D eigenvalue weighted by Crippen LogP contribution is -2.51. The van der Waals surface area contributed by atoms with Crippen molar-refractivity contribution in [2.24, 2.45) is 25.9 Å². The molecule has 5 aromatic rings. The van der Waals surface area contributed by atoms with E-state index in [1.807, 2.05) is 28.8 Å². The number of nitrogens with zero attached hydrogens (tertiary/aromatic N) is 8. The number of aromatic nitrogens is 5. The molecule has 3 saturated heterocycles. The van der Waals surface area contributed by atoms with Crippen molar-refractivity contribution in [2.45, 2.75) is 56.2 Å². The van der Waals surface area contributed by atoms with Crippen LogP contribution in [0.1, 0.15) is 43.7 Å². The standard InChI is InChI=1S/C43H47ClF3N11O4/c1-54-31-10-8-25(18-28(31)35-37(41(54)61)62-22-43(46,47)38(51-35)23-6-7-23)49-39-29(44)19-48-42(52-39)58-13-12-24(30(45)21-58)20-56-14-16-57(17-15-56)32-5-3-4-26-34(53-55(2)36(26)32)27-9-11-33(59)50-40(27)60/h3-5,8,10,18-19,23-24,27,30,38,51H,6-7,9,11-17,20-22H2,1-2H3,(H,48,49,52)(H,50,59,60)/t24-,27?,30+,38+/m1/s1. The van der Waals surface area contributed by atoms with Crippen LogP contribution in [-0.2, 0) is 23.7 Å². The van der Waals surface area contributed by atoms with E-state index in [2.05, 4.69) is 36.8 Å². The van der Waals surface area contributed by atoms with Gasteiger partial charge in [0.2, 0.25) is 23.5 Å². The molecule has 1 saturated carbocycles. The monoisotopic (exact) mass is 873 g/mol. The van der Waals surface area contributed by atoms with Gasteiger partial charge in [-0.1, -0.05) is 23.7 Å². The molecule has 10 rings (SSSR count). The number of fused-ring (bicyclic) bond motifs is 4. The molecule has 4 aliphatic heterocycles. The summed E-state index contributed by atoms with van der Waals surface area (Å²) in [5.41, 5.74) is 3.48. The summed E-state index contributed by atoms with van der Waals surface area (Å²) in [4.78, 5) is 53.3. The van der Waals surface area contributed by atoms with Crippen LogP contribution < -0.4 is 36.0 Å². The predicted molar refractivity (Wildman–Crippen MR) is 230 cm³/mol. The van der Waals surface area contributed by atoms with Gasteiger partial charge in [-0.15, -0.1) is 0 Å². The summed E-state index contributed by atoms with van der Waals surface area (Å²) < 4.78 is 55.0. The molecule has 62 heavy (non-hydrogen) atoms. The van der Waals surface area contributed by atoms with E-state index >= 15 is 13.2 Å². The molecule has 3 N–H and O–H groups in total. The fourth-order valence-corrected chi connectivity index (χ4v) is 9.81. The van der Waals surface area contributed by atoms with Gasteiger partial charge in [-0.2, -0.15) is 10.1 Å². The lowest BCUT2D eigenvalue weighted by Gasteiger charge is -2.41. The number of nitrogens with one attached hydrogen (secondary N) is 3. The van der Waals surface area contributed by atoms with Crippen molar-refractivity contribution in [1.29, 1.82) is 0 Å². The van der Waals surface area contributed by atoms with E-state index in [9.17, 15) is 14.4 Å². The van der Waals surface area contributed by atoms with E-state index in [0.29, 0.717) is 72.8 Å². The Morgan fingerprint density at radius 2 is 1.79 bits per heavy atom. The number of hydrogen-bond donors (Lipinski definition) is 3. The number of carbonyl (C=O) groups excluding carboxylic acids is 2. The maximum absolute atomic E-state index is 16.0. The first-order valence-electron chi connectivity index (χ1n) is 21.2. The molecule has 4 fully saturated rings. The topological polar surface area (TPSA) is 155 Å². The third kappa shape index (κ3) is 7.33. The van der Waals surface area contributed by atoms with E-state index in [-0.39, 0.29) is 53.1 Å². The van der Waals surface area contributed by atoms with Gasteiger partial charge in [-0.3, -0.25) is 29.3 Å². The van der Waals surface area contributed by atoms with Crippen LogP contribution in [0.4, 0.5) is 42.0 Å². The third-order valence-electron chi connectivity index (χ3n) is 13.2. The van der Waals surface area contributed by atoms with Crippen LogP contribution in [0.3, 0.4) is 0 Å². The maximum atomic E-state index is 16.0. The van der Waals surface area contributed by atoms with Gasteiger partial charge in [-0.05, 0) is 55.9 Å². The van der Waals surface area contributed by atoms with Crippen LogP contribution in [0.5, 0.6) is 5.75 Å². The fourth-order valence-electron chi connectivity index (χ4n) is 9.68. The van der Waals surface area contributed by atoms with Crippen molar-refractivity contribution >= 4 is 74.0 Å². The van der Waals surface area contributed by atoms with Crippen molar-refractivity contribution in [3.63, 3.8) is 0 Å². The number of rotatable bonds is 8. The van der Waals surface area contributed by atoms with Crippen LogP contribution in [-0.4, -0.2) is 112 Å². The number of imide groups is 1. The number of ether oxygens (including phenoxy) is 1. The summed E-state index contributed by atoms with van der Waals surface area (Å²) >= 11 is 6.59. The Morgan fingerprint density at radius 1 is 0.984 bits per heavy atom. The van der Waals surface area contributed by atoms with Gasteiger partial charge in [0.1, 0.15) is 11.2 Å². The Bertz CT molecular complexity index is 2670. The third-order valence-corrected chi connectivity index (χ3v) is 13.5. The number of benzene rings is 2. The predicted octanol–water partition coefficient (Wildman–Crippen LogP) is 5.34. The fraction of sp³-hybridized carbons (Fsp3) is 0.488. The second-order valence-electron chi connectivity index (χ2n) is 17.3. The van der Waals surface area contributed by atoms with E-state index in [1.54, 1.807) is 25.2 Å². The van der Waals surface area contributed by atoms with Crippen molar-refractivity contribution in [3.05, 3.63) is 63.7 Å². The number of piperidine rings is 2. The highest BCUT2D eigenvalue weighted by atomic mass is 35.5. The highest BCUT2D eigenvalue weighted by Gasteiger charge is 2.51. The molecule has 15 nitrogen and oxygen atoms in total. The van der Waals surface area contributed by atoms with E-state index in [4.69, 9.17) is 26.4 Å². The van der Waals surface area contributed by atoms with Gasteiger partial charge >= 0.3 is 5.92 Å². The first kappa shape index (κ1) is 40.5. The van der Waals surface area contributed by atoms with Crippen molar-refractivity contribution in [1.82, 2.24) is 34.5 Å². The highest BCUT2D eigenvalue weighted by Crippen LogP contribution is 2.46. The summed E-state index contributed by atoms with van der Waals surface area (Å²) in [6.45, 7) is 3.45. The van der Waals surface area contributed by atoms with E-state index < -0.39 is 36.2 Å². The molecule has 0 radical (unpaired) electrons. The molecule has 2 aromatic carbocycles. The summed E-state index contributed by atoms with van der Waals surface area (Å²) in [6, 6.07) is 10.1. The van der Waals surface area contributed by atoms with Crippen molar-refractivity contribution in [3.8, 4) is 5.75 Å². The molecule has 0 bridgehead atoms. The van der Waals surface area contributed by atoms with Gasteiger partial charge in [0.05, 0.1) is 52.8 Å². The number of alkyl halides is 3. The molecule has 5 aliphatic rings. The lowest BCUT2D eigenvalue weighted by atomic mass is 9.92. The minimum atomic E-state index is -3.16. The number of anilines is 5. The molecule has 326 valence electrons. The normalized spacial score (nSPS) is 24.4. The summed E-state index contributed by atoms with van der Waals surface area (Å²) in [5, 5.41) is 15.1. The maximum Gasteiger partial charge on any atom is 0.301 e. The molecule has 1 aliphatic carbocycles. The minimum absolute atomic E-state index is 0.123. The number of piperazine rings is 1. The number of carbonyl (C=O) groups is 2. The molecular weight excluding hydrogens is 827 g/mol. The second kappa shape index (κ2) is 15.6. The Balaban J connectivity index is 0.791. The average Bonchev–Trinajstić information content (AvgIpc) is 4.06. The van der Waals surface area contributed by atoms with Crippen molar-refractivity contribution < 1.29 is 27.5 Å². The van der Waals surface area contributed by atoms with Crippen LogP contribution in [0.15, 0.2) is 47.4 Å². The van der Waals surface area contributed by atoms with E-state index in [1.165, 1.54) is 10.8 Å². The van der Waals surface area contributed by atoms with Crippen LogP contribution in [0.25, 0.3) is 21.8 Å². The number of amides is 2.